The van der Waals surface area contributed by atoms with Gasteiger partial charge in [-0.15, -0.1) is 16.5 Å². The minimum Gasteiger partial charge on any atom is -0.289 e. The molecule has 3 rings (SSSR count). The third-order valence-corrected chi connectivity index (χ3v) is 4.92. The predicted molar refractivity (Wildman–Crippen MR) is 99.6 cm³/mol. The van der Waals surface area contributed by atoms with Crippen LogP contribution in [0.15, 0.2) is 80.5 Å². The van der Waals surface area contributed by atoms with Gasteiger partial charge in [0.15, 0.2) is 5.78 Å². The molecule has 0 radical (unpaired) electrons. The highest BCUT2D eigenvalue weighted by Gasteiger charge is 2.17. The van der Waals surface area contributed by atoms with Crippen LogP contribution >= 0.6 is 11.3 Å². The van der Waals surface area contributed by atoms with Gasteiger partial charge in [0.25, 0.3) is 0 Å². The second-order valence-electron chi connectivity index (χ2n) is 6.17. The van der Waals surface area contributed by atoms with Crippen LogP contribution in [-0.4, -0.2) is 5.78 Å². The summed E-state index contributed by atoms with van der Waals surface area (Å²) in [6.45, 7) is 5.87. The van der Waals surface area contributed by atoms with Crippen molar-refractivity contribution in [3.05, 3.63) is 75.2 Å². The van der Waals surface area contributed by atoms with Crippen LogP contribution in [0.3, 0.4) is 0 Å². The first kappa shape index (κ1) is 16.5. The Labute approximate surface area is 146 Å². The van der Waals surface area contributed by atoms with Crippen molar-refractivity contribution in [1.29, 1.82) is 0 Å². The summed E-state index contributed by atoms with van der Waals surface area (Å²) in [6, 6.07) is 4.03. The average Bonchev–Trinajstić information content (AvgIpc) is 3.08. The lowest BCUT2D eigenvalue weighted by molar-refractivity contribution is -0.112. The van der Waals surface area contributed by atoms with Gasteiger partial charge in [0.05, 0.1) is 10.6 Å². The standard InChI is InChI=1S/C20H20N2OS/c1-13-6-8-17(9-7-13)21-22-19(18-5-4-10-24-18)16-11-14(2)20(23)15(3)12-16/h4-6,8-13H,7H2,1-3H3. The minimum absolute atomic E-state index is 0.0909. The van der Waals surface area contributed by atoms with E-state index in [2.05, 4.69) is 29.3 Å². The number of rotatable bonds is 3. The van der Waals surface area contributed by atoms with Crippen LogP contribution < -0.4 is 0 Å². The van der Waals surface area contributed by atoms with Gasteiger partial charge in [-0.3, -0.25) is 4.79 Å². The monoisotopic (exact) mass is 336 g/mol. The van der Waals surface area contributed by atoms with Gasteiger partial charge in [-0.25, -0.2) is 0 Å². The third-order valence-electron chi connectivity index (χ3n) is 4.05. The van der Waals surface area contributed by atoms with Crippen LogP contribution in [0.5, 0.6) is 0 Å². The summed E-state index contributed by atoms with van der Waals surface area (Å²) in [5.41, 5.74) is 4.10. The van der Waals surface area contributed by atoms with Gasteiger partial charge in [0.2, 0.25) is 0 Å². The van der Waals surface area contributed by atoms with Crippen molar-refractivity contribution >= 4 is 22.8 Å². The molecule has 0 saturated heterocycles. The van der Waals surface area contributed by atoms with E-state index in [0.717, 1.165) is 39.4 Å². The van der Waals surface area contributed by atoms with Crippen LogP contribution in [0.1, 0.15) is 32.1 Å². The van der Waals surface area contributed by atoms with Crippen molar-refractivity contribution in [3.63, 3.8) is 0 Å². The van der Waals surface area contributed by atoms with E-state index in [-0.39, 0.29) is 5.78 Å². The van der Waals surface area contributed by atoms with E-state index in [1.165, 1.54) is 0 Å². The first-order valence-corrected chi connectivity index (χ1v) is 8.92. The topological polar surface area (TPSA) is 41.8 Å². The van der Waals surface area contributed by atoms with E-state index in [4.69, 9.17) is 0 Å². The summed E-state index contributed by atoms with van der Waals surface area (Å²) in [5.74, 6) is 0.646. The molecule has 0 amide bonds. The maximum Gasteiger partial charge on any atom is 0.184 e. The molecular weight excluding hydrogens is 316 g/mol. The maximum atomic E-state index is 12.0. The molecule has 1 aromatic rings. The number of allylic oxidation sites excluding steroid dienone is 8. The molecule has 1 unspecified atom stereocenters. The number of nitrogens with zero attached hydrogens (tertiary/aromatic N) is 2. The van der Waals surface area contributed by atoms with Crippen LogP contribution in [0, 0.1) is 5.92 Å². The molecule has 24 heavy (non-hydrogen) atoms. The van der Waals surface area contributed by atoms with Crippen LogP contribution in [0.2, 0.25) is 0 Å². The van der Waals surface area contributed by atoms with Gasteiger partial charge >= 0.3 is 0 Å². The molecule has 0 spiro atoms. The highest BCUT2D eigenvalue weighted by Crippen LogP contribution is 2.31. The molecule has 0 bridgehead atoms. The molecule has 1 aromatic heterocycles. The van der Waals surface area contributed by atoms with Gasteiger partial charge in [-0.2, -0.15) is 5.11 Å². The smallest absolute Gasteiger partial charge is 0.184 e. The number of ketones is 1. The fraction of sp³-hybridized carbons (Fsp3) is 0.250. The Morgan fingerprint density at radius 3 is 2.58 bits per heavy atom. The van der Waals surface area contributed by atoms with Crippen molar-refractivity contribution < 1.29 is 4.79 Å². The van der Waals surface area contributed by atoms with E-state index in [1.807, 2.05) is 49.6 Å². The molecule has 4 heteroatoms. The van der Waals surface area contributed by atoms with Crippen molar-refractivity contribution in [2.24, 2.45) is 16.1 Å². The SMILES string of the molecule is CC1=CC(=C(N=NC2=CCC(C)C=C2)c2cccs2)C=C(C)C1=O. The molecule has 0 saturated carbocycles. The van der Waals surface area contributed by atoms with Crippen LogP contribution in [0.4, 0.5) is 0 Å². The van der Waals surface area contributed by atoms with Gasteiger partial charge in [-0.1, -0.05) is 25.1 Å². The van der Waals surface area contributed by atoms with E-state index in [9.17, 15) is 4.79 Å². The van der Waals surface area contributed by atoms with E-state index in [1.54, 1.807) is 11.3 Å². The quantitative estimate of drug-likeness (QED) is 0.637. The highest BCUT2D eigenvalue weighted by atomic mass is 32.1. The molecule has 0 aromatic carbocycles. The Kier molecular flexibility index (Phi) is 4.86. The zero-order valence-corrected chi connectivity index (χ0v) is 14.9. The lowest BCUT2D eigenvalue weighted by Crippen LogP contribution is -2.06. The van der Waals surface area contributed by atoms with Gasteiger partial charge in [-0.05, 0) is 67.0 Å². The van der Waals surface area contributed by atoms with E-state index in [0.29, 0.717) is 5.92 Å². The third kappa shape index (κ3) is 3.60. The number of Topliss-reactive ketones (excluding diaryl/α,β-unsaturated/α-hetero) is 1. The predicted octanol–water partition coefficient (Wildman–Crippen LogP) is 5.87. The number of azo groups is 1. The van der Waals surface area contributed by atoms with Crippen molar-refractivity contribution in [1.82, 2.24) is 0 Å². The molecule has 2 aliphatic rings. The number of carbonyl (C=O) groups is 1. The first-order valence-electron chi connectivity index (χ1n) is 8.04. The number of hydrogen-bond donors (Lipinski definition) is 0. The maximum absolute atomic E-state index is 12.0. The Hall–Kier alpha value is -2.33. The molecule has 1 heterocycles. The summed E-state index contributed by atoms with van der Waals surface area (Å²) in [4.78, 5) is 13.0. The fourth-order valence-corrected chi connectivity index (χ4v) is 3.38. The largest absolute Gasteiger partial charge is 0.289 e. The molecule has 2 aliphatic carbocycles. The Morgan fingerprint density at radius 2 is 2.00 bits per heavy atom. The number of carbonyl (C=O) groups excluding carboxylic acids is 1. The summed E-state index contributed by atoms with van der Waals surface area (Å²) >= 11 is 1.62. The molecule has 1 atom stereocenters. The minimum atomic E-state index is 0.0909. The van der Waals surface area contributed by atoms with Gasteiger partial charge in [0.1, 0.15) is 5.70 Å². The van der Waals surface area contributed by atoms with E-state index >= 15 is 0 Å². The summed E-state index contributed by atoms with van der Waals surface area (Å²) < 4.78 is 0. The van der Waals surface area contributed by atoms with Gasteiger partial charge < -0.3 is 0 Å². The first-order chi connectivity index (χ1) is 11.5. The van der Waals surface area contributed by atoms with Crippen LogP contribution in [0.25, 0.3) is 5.70 Å². The van der Waals surface area contributed by atoms with Crippen LogP contribution in [-0.2, 0) is 4.79 Å². The molecule has 0 fully saturated rings. The fourth-order valence-electron chi connectivity index (χ4n) is 2.65. The Morgan fingerprint density at radius 1 is 1.25 bits per heavy atom. The Balaban J connectivity index is 2.02. The van der Waals surface area contributed by atoms with Crippen molar-refractivity contribution in [2.45, 2.75) is 27.2 Å². The highest BCUT2D eigenvalue weighted by molar-refractivity contribution is 7.11. The molecular formula is C20H20N2OS. The second-order valence-corrected chi connectivity index (χ2v) is 7.11. The van der Waals surface area contributed by atoms with Crippen molar-refractivity contribution in [3.8, 4) is 0 Å². The van der Waals surface area contributed by atoms with Gasteiger partial charge in [0, 0.05) is 5.57 Å². The van der Waals surface area contributed by atoms with Crippen molar-refractivity contribution in [2.75, 3.05) is 0 Å². The number of thiophene rings is 1. The lowest BCUT2D eigenvalue weighted by Gasteiger charge is -2.12. The zero-order chi connectivity index (χ0) is 17.1. The summed E-state index contributed by atoms with van der Waals surface area (Å²) in [6.07, 6.45) is 11.1. The molecule has 122 valence electrons. The Bertz CT molecular complexity index is 809. The average molecular weight is 336 g/mol. The zero-order valence-electron chi connectivity index (χ0n) is 14.1. The molecule has 0 aliphatic heterocycles. The molecule has 0 N–H and O–H groups in total. The lowest BCUT2D eigenvalue weighted by atomic mass is 9.94. The molecule has 3 nitrogen and oxygen atoms in total. The normalized spacial score (nSPS) is 21.0. The summed E-state index contributed by atoms with van der Waals surface area (Å²) in [5, 5.41) is 11.0. The summed E-state index contributed by atoms with van der Waals surface area (Å²) in [7, 11) is 0. The number of hydrogen-bond acceptors (Lipinski definition) is 4. The van der Waals surface area contributed by atoms with E-state index < -0.39 is 0 Å². The second kappa shape index (κ2) is 7.05.